The second-order valence-corrected chi connectivity index (χ2v) is 6.55. The Kier molecular flexibility index (Phi) is 24.4. The Hall–Kier alpha value is -1.36. The Bertz CT molecular complexity index is 332. The maximum Gasteiger partial charge on any atom is 0.330 e. The number of nitrogens with two attached hydrogens (primary N) is 1. The van der Waals surface area contributed by atoms with E-state index in [-0.39, 0.29) is 6.61 Å². The van der Waals surface area contributed by atoms with Crippen molar-refractivity contribution in [2.24, 2.45) is 5.73 Å². The number of carbonyl (C=O) groups is 2. The molecule has 0 fully saturated rings. The van der Waals surface area contributed by atoms with Crippen LogP contribution in [0.5, 0.6) is 0 Å². The van der Waals surface area contributed by atoms with Crippen LogP contribution in [0.3, 0.4) is 0 Å². The lowest BCUT2D eigenvalue weighted by Crippen LogP contribution is -2.11. The van der Waals surface area contributed by atoms with Crippen molar-refractivity contribution in [3.63, 3.8) is 0 Å². The summed E-state index contributed by atoms with van der Waals surface area (Å²) in [5.41, 5.74) is 5.02. The first kappa shape index (κ1) is 26.9. The third-order valence-corrected chi connectivity index (χ3v) is 4.02. The van der Waals surface area contributed by atoms with Gasteiger partial charge in [-0.1, -0.05) is 90.6 Å². The highest BCUT2D eigenvalue weighted by atomic mass is 16.5. The Morgan fingerprint density at radius 3 is 1.65 bits per heavy atom. The van der Waals surface area contributed by atoms with E-state index in [0.717, 1.165) is 18.9 Å². The molecule has 5 nitrogen and oxygen atoms in total. The van der Waals surface area contributed by atoms with Gasteiger partial charge in [0, 0.05) is 19.0 Å². The summed E-state index contributed by atoms with van der Waals surface area (Å²) in [5.74, 6) is -1.08. The van der Waals surface area contributed by atoms with Gasteiger partial charge in [0.2, 0.25) is 0 Å². The predicted molar refractivity (Wildman–Crippen MR) is 108 cm³/mol. The number of hydrogen-bond donors (Lipinski definition) is 2. The lowest BCUT2D eigenvalue weighted by Gasteiger charge is -2.02. The summed E-state index contributed by atoms with van der Waals surface area (Å²) in [6.45, 7) is 6.09. The fraction of sp³-hybridized carbons (Fsp3) is 0.810. The maximum absolute atomic E-state index is 10.3. The molecule has 0 aliphatic carbocycles. The second kappa shape index (κ2) is 23.6. The summed E-state index contributed by atoms with van der Waals surface area (Å²) in [7, 11) is 0. The Balaban J connectivity index is 0. The molecule has 5 heteroatoms. The molecule has 0 saturated carbocycles. The Morgan fingerprint density at radius 2 is 1.31 bits per heavy atom. The van der Waals surface area contributed by atoms with Crippen molar-refractivity contribution in [3.05, 3.63) is 12.7 Å². The van der Waals surface area contributed by atoms with Crippen LogP contribution in [-0.2, 0) is 14.3 Å². The average molecular weight is 372 g/mol. The van der Waals surface area contributed by atoms with Gasteiger partial charge in [-0.05, 0) is 6.42 Å². The molecule has 0 atom stereocenters. The zero-order valence-electron chi connectivity index (χ0n) is 16.8. The zero-order chi connectivity index (χ0) is 19.9. The number of rotatable bonds is 17. The monoisotopic (exact) mass is 371 g/mol. The van der Waals surface area contributed by atoms with Crippen molar-refractivity contribution in [3.8, 4) is 0 Å². The van der Waals surface area contributed by atoms with Crippen LogP contribution in [0, 0.1) is 0 Å². The summed E-state index contributed by atoms with van der Waals surface area (Å²) < 4.78 is 4.46. The van der Waals surface area contributed by atoms with Crippen LogP contribution in [0.25, 0.3) is 0 Å². The van der Waals surface area contributed by atoms with Gasteiger partial charge in [-0.25, -0.2) is 4.79 Å². The van der Waals surface area contributed by atoms with Gasteiger partial charge in [0.15, 0.2) is 0 Å². The lowest BCUT2D eigenvalue weighted by molar-refractivity contribution is -0.138. The van der Waals surface area contributed by atoms with E-state index in [4.69, 9.17) is 10.8 Å². The molecular formula is C21H41NO4. The molecule has 0 unspecified atom stereocenters. The zero-order valence-corrected chi connectivity index (χ0v) is 16.8. The highest BCUT2D eigenvalue weighted by molar-refractivity contribution is 5.81. The first-order chi connectivity index (χ1) is 12.6. The van der Waals surface area contributed by atoms with E-state index in [1.165, 1.54) is 70.6 Å². The van der Waals surface area contributed by atoms with Crippen molar-refractivity contribution < 1.29 is 19.4 Å². The van der Waals surface area contributed by atoms with E-state index in [0.29, 0.717) is 13.0 Å². The highest BCUT2D eigenvalue weighted by Crippen LogP contribution is 2.12. The maximum atomic E-state index is 10.3. The molecule has 0 bridgehead atoms. The van der Waals surface area contributed by atoms with E-state index in [1.807, 2.05) is 0 Å². The third kappa shape index (κ3) is 27.5. The van der Waals surface area contributed by atoms with Crippen LogP contribution < -0.4 is 5.73 Å². The van der Waals surface area contributed by atoms with Crippen molar-refractivity contribution in [1.29, 1.82) is 0 Å². The normalized spacial score (nSPS) is 9.92. The SMILES string of the molecule is C=CC(=O)OCCN.CCCCCCCCCCCCCCCC(=O)O. The predicted octanol–water partition coefficient (Wildman–Crippen LogP) is 5.23. The van der Waals surface area contributed by atoms with Crippen molar-refractivity contribution in [2.75, 3.05) is 13.2 Å². The van der Waals surface area contributed by atoms with Crippen molar-refractivity contribution >= 4 is 11.9 Å². The van der Waals surface area contributed by atoms with E-state index >= 15 is 0 Å². The van der Waals surface area contributed by atoms with Gasteiger partial charge in [0.25, 0.3) is 0 Å². The molecule has 0 heterocycles. The number of hydrogen-bond acceptors (Lipinski definition) is 4. The first-order valence-electron chi connectivity index (χ1n) is 10.3. The molecule has 0 saturated heterocycles. The molecule has 0 aliphatic heterocycles. The molecule has 3 N–H and O–H groups in total. The van der Waals surface area contributed by atoms with E-state index < -0.39 is 11.9 Å². The van der Waals surface area contributed by atoms with E-state index in [9.17, 15) is 9.59 Å². The molecular weight excluding hydrogens is 330 g/mol. The summed E-state index contributed by atoms with van der Waals surface area (Å²) in [6, 6.07) is 0. The Labute approximate surface area is 160 Å². The number of unbranched alkanes of at least 4 members (excludes halogenated alkanes) is 12. The van der Waals surface area contributed by atoms with Gasteiger partial charge in [-0.3, -0.25) is 4.79 Å². The molecule has 0 aromatic carbocycles. The second-order valence-electron chi connectivity index (χ2n) is 6.55. The lowest BCUT2D eigenvalue weighted by atomic mass is 10.0. The minimum atomic E-state index is -0.655. The molecule has 0 amide bonds. The van der Waals surface area contributed by atoms with E-state index in [1.54, 1.807) is 0 Å². The van der Waals surface area contributed by atoms with Gasteiger partial charge in [-0.15, -0.1) is 0 Å². The molecule has 0 radical (unpaired) electrons. The number of aliphatic carboxylic acids is 1. The van der Waals surface area contributed by atoms with Crippen molar-refractivity contribution in [2.45, 2.75) is 96.8 Å². The van der Waals surface area contributed by atoms with Gasteiger partial charge in [-0.2, -0.15) is 0 Å². The van der Waals surface area contributed by atoms with Crippen LogP contribution in [0.15, 0.2) is 12.7 Å². The topological polar surface area (TPSA) is 89.6 Å². The minimum absolute atomic E-state index is 0.269. The molecule has 0 rings (SSSR count). The summed E-state index contributed by atoms with van der Waals surface area (Å²) in [5, 5.41) is 8.49. The summed E-state index contributed by atoms with van der Waals surface area (Å²) >= 11 is 0. The highest BCUT2D eigenvalue weighted by Gasteiger charge is 1.96. The van der Waals surface area contributed by atoms with Crippen LogP contribution in [0.4, 0.5) is 0 Å². The molecule has 0 aromatic rings. The number of esters is 1. The van der Waals surface area contributed by atoms with Crippen LogP contribution in [0.2, 0.25) is 0 Å². The molecule has 0 aliphatic rings. The molecule has 0 spiro atoms. The van der Waals surface area contributed by atoms with Gasteiger partial charge in [0.05, 0.1) is 0 Å². The fourth-order valence-electron chi connectivity index (χ4n) is 2.51. The first-order valence-corrected chi connectivity index (χ1v) is 10.3. The van der Waals surface area contributed by atoms with E-state index in [2.05, 4.69) is 18.2 Å². The van der Waals surface area contributed by atoms with Crippen LogP contribution in [-0.4, -0.2) is 30.2 Å². The smallest absolute Gasteiger partial charge is 0.330 e. The Morgan fingerprint density at radius 1 is 0.885 bits per heavy atom. The van der Waals surface area contributed by atoms with Crippen LogP contribution >= 0.6 is 0 Å². The summed E-state index contributed by atoms with van der Waals surface area (Å²) in [6.07, 6.45) is 18.4. The van der Waals surface area contributed by atoms with Gasteiger partial charge in [0.1, 0.15) is 6.61 Å². The molecule has 154 valence electrons. The average Bonchev–Trinajstić information content (AvgIpc) is 2.63. The fourth-order valence-corrected chi connectivity index (χ4v) is 2.51. The number of carboxylic acids is 1. The quantitative estimate of drug-likeness (QED) is 0.208. The molecule has 26 heavy (non-hydrogen) atoms. The number of carbonyl (C=O) groups excluding carboxylic acids is 1. The number of ether oxygens (including phenoxy) is 1. The standard InChI is InChI=1S/C16H32O2.C5H9NO2/c1-2-3-4-5-6-7-8-9-10-11-12-13-14-15-16(17)18;1-2-5(7)8-4-3-6/h2-15H2,1H3,(H,17,18);2H,1,3-4,6H2. The number of carboxylic acid groups (broad SMARTS) is 1. The molecule has 0 aromatic heterocycles. The minimum Gasteiger partial charge on any atom is -0.481 e. The summed E-state index contributed by atoms with van der Waals surface area (Å²) in [4.78, 5) is 20.5. The largest absolute Gasteiger partial charge is 0.481 e. The van der Waals surface area contributed by atoms with Crippen molar-refractivity contribution in [1.82, 2.24) is 0 Å². The third-order valence-electron chi connectivity index (χ3n) is 4.02. The van der Waals surface area contributed by atoms with Crippen LogP contribution in [0.1, 0.15) is 96.8 Å². The van der Waals surface area contributed by atoms with Gasteiger partial charge >= 0.3 is 11.9 Å². The van der Waals surface area contributed by atoms with Gasteiger partial charge < -0.3 is 15.6 Å².